The Labute approximate surface area is 332 Å². The highest BCUT2D eigenvalue weighted by Gasteiger charge is 2.41. The standard InChI is InChI=1S/C51H51BN2O2/c1-30(2)37-17-14-18-38(31(3)4)48(37)54-42-20-12-11-19-41(42)53-49(54)33-16-13-15-32(25-33)34-26-45-47-46(27-34)56-44-24-22-36(51(8,9)10)29-40(44)52(47)39-28-35(50(5,6)7)21-23-43(39)55-45/h11-31H,1-10H3. The summed E-state index contributed by atoms with van der Waals surface area (Å²) in [6, 6.07) is 42.0. The Morgan fingerprint density at radius 2 is 1.07 bits per heavy atom. The molecule has 0 saturated carbocycles. The molecule has 0 fully saturated rings. The smallest absolute Gasteiger partial charge is 0.260 e. The Balaban J connectivity index is 1.22. The molecule has 0 saturated heterocycles. The molecule has 3 heterocycles. The summed E-state index contributed by atoms with van der Waals surface area (Å²) in [5, 5.41) is 0. The second-order valence-electron chi connectivity index (χ2n) is 18.5. The van der Waals surface area contributed by atoms with Gasteiger partial charge < -0.3 is 9.47 Å². The molecule has 7 aromatic rings. The summed E-state index contributed by atoms with van der Waals surface area (Å²) in [6.45, 7) is 22.8. The van der Waals surface area contributed by atoms with E-state index in [1.54, 1.807) is 0 Å². The van der Waals surface area contributed by atoms with Gasteiger partial charge in [0.2, 0.25) is 0 Å². The van der Waals surface area contributed by atoms with Crippen LogP contribution in [-0.2, 0) is 10.8 Å². The highest BCUT2D eigenvalue weighted by atomic mass is 16.5. The van der Waals surface area contributed by atoms with E-state index in [0.29, 0.717) is 11.8 Å². The minimum Gasteiger partial charge on any atom is -0.458 e. The maximum Gasteiger partial charge on any atom is 0.260 e. The van der Waals surface area contributed by atoms with Crippen molar-refractivity contribution >= 4 is 34.1 Å². The van der Waals surface area contributed by atoms with Crippen molar-refractivity contribution in [2.45, 2.75) is 91.9 Å². The van der Waals surface area contributed by atoms with Gasteiger partial charge in [0.15, 0.2) is 0 Å². The summed E-state index contributed by atoms with van der Waals surface area (Å²) in [5.74, 6) is 5.11. The van der Waals surface area contributed by atoms with Crippen LogP contribution in [0, 0.1) is 0 Å². The third-order valence-electron chi connectivity index (χ3n) is 11.8. The summed E-state index contributed by atoms with van der Waals surface area (Å²) in [6.07, 6.45) is 0. The molecule has 0 bridgehead atoms. The summed E-state index contributed by atoms with van der Waals surface area (Å²) in [4.78, 5) is 5.33. The highest BCUT2D eigenvalue weighted by molar-refractivity contribution is 6.98. The van der Waals surface area contributed by atoms with Crippen LogP contribution in [0.4, 0.5) is 0 Å². The van der Waals surface area contributed by atoms with E-state index >= 15 is 0 Å². The first-order chi connectivity index (χ1) is 26.7. The van der Waals surface area contributed by atoms with Gasteiger partial charge in [-0.05, 0) is 109 Å². The first-order valence-corrected chi connectivity index (χ1v) is 20.2. The van der Waals surface area contributed by atoms with Crippen LogP contribution >= 0.6 is 0 Å². The maximum atomic E-state index is 6.87. The number of ether oxygens (including phenoxy) is 2. The molecular weight excluding hydrogens is 683 g/mol. The molecule has 0 amide bonds. The summed E-state index contributed by atoms with van der Waals surface area (Å²) >= 11 is 0. The van der Waals surface area contributed by atoms with Crippen molar-refractivity contribution in [2.24, 2.45) is 0 Å². The second kappa shape index (κ2) is 13.0. The van der Waals surface area contributed by atoms with Crippen LogP contribution in [0.25, 0.3) is 39.2 Å². The number of hydrogen-bond acceptors (Lipinski definition) is 3. The molecule has 9 rings (SSSR count). The van der Waals surface area contributed by atoms with E-state index in [-0.39, 0.29) is 17.5 Å². The highest BCUT2D eigenvalue weighted by Crippen LogP contribution is 2.42. The summed E-state index contributed by atoms with van der Waals surface area (Å²) in [7, 11) is 0. The Kier molecular flexibility index (Phi) is 8.39. The van der Waals surface area contributed by atoms with E-state index in [4.69, 9.17) is 14.5 Å². The minimum absolute atomic E-state index is 0.00203. The number of rotatable bonds is 5. The van der Waals surface area contributed by atoms with Gasteiger partial charge in [-0.3, -0.25) is 4.57 Å². The molecule has 0 spiro atoms. The largest absolute Gasteiger partial charge is 0.458 e. The molecule has 0 unspecified atom stereocenters. The van der Waals surface area contributed by atoms with Gasteiger partial charge in [0.05, 0.1) is 16.7 Å². The lowest BCUT2D eigenvalue weighted by Gasteiger charge is -2.35. The molecule has 4 nitrogen and oxygen atoms in total. The fraction of sp³-hybridized carbons (Fsp3) is 0.275. The quantitative estimate of drug-likeness (QED) is 0.165. The van der Waals surface area contributed by atoms with E-state index in [2.05, 4.69) is 189 Å². The molecule has 2 aliphatic heterocycles. The maximum absolute atomic E-state index is 6.87. The Morgan fingerprint density at radius 3 is 1.62 bits per heavy atom. The monoisotopic (exact) mass is 734 g/mol. The van der Waals surface area contributed by atoms with Crippen molar-refractivity contribution in [1.82, 2.24) is 9.55 Å². The number of benzene rings is 6. The molecular formula is C51H51BN2O2. The van der Waals surface area contributed by atoms with Crippen molar-refractivity contribution in [3.05, 3.63) is 138 Å². The van der Waals surface area contributed by atoms with Gasteiger partial charge >= 0.3 is 0 Å². The van der Waals surface area contributed by atoms with Crippen molar-refractivity contribution < 1.29 is 9.47 Å². The Morgan fingerprint density at radius 1 is 0.536 bits per heavy atom. The lowest BCUT2D eigenvalue weighted by Crippen LogP contribution is -2.57. The zero-order valence-corrected chi connectivity index (χ0v) is 34.4. The van der Waals surface area contributed by atoms with Crippen molar-refractivity contribution in [3.63, 3.8) is 0 Å². The van der Waals surface area contributed by atoms with Crippen molar-refractivity contribution in [3.8, 4) is 51.2 Å². The predicted octanol–water partition coefficient (Wildman–Crippen LogP) is 11.9. The van der Waals surface area contributed by atoms with Crippen LogP contribution in [0.2, 0.25) is 0 Å². The van der Waals surface area contributed by atoms with E-state index < -0.39 is 0 Å². The van der Waals surface area contributed by atoms with Gasteiger partial charge in [-0.25, -0.2) is 4.98 Å². The number of hydrogen-bond donors (Lipinski definition) is 0. The lowest BCUT2D eigenvalue weighted by molar-refractivity contribution is 0.464. The zero-order chi connectivity index (χ0) is 39.3. The predicted molar refractivity (Wildman–Crippen MR) is 235 cm³/mol. The molecule has 0 N–H and O–H groups in total. The first kappa shape index (κ1) is 36.1. The number of aromatic nitrogens is 2. The van der Waals surface area contributed by atoms with E-state index in [9.17, 15) is 0 Å². The molecule has 0 radical (unpaired) electrons. The van der Waals surface area contributed by atoms with E-state index in [1.807, 2.05) is 0 Å². The third-order valence-corrected chi connectivity index (χ3v) is 11.8. The van der Waals surface area contributed by atoms with Crippen LogP contribution < -0.4 is 25.9 Å². The average Bonchev–Trinajstić information content (AvgIpc) is 3.55. The molecule has 5 heteroatoms. The van der Waals surface area contributed by atoms with Crippen molar-refractivity contribution in [1.29, 1.82) is 0 Å². The number of imidazole rings is 1. The molecule has 280 valence electrons. The van der Waals surface area contributed by atoms with Gasteiger partial charge in [0.1, 0.15) is 28.8 Å². The number of nitrogens with zero attached hydrogens (tertiary/aromatic N) is 2. The SMILES string of the molecule is CC(C)c1cccc(C(C)C)c1-n1c(-c2cccc(-c3cc4c5c(c3)Oc3ccc(C(C)(C)C)cc3B5c3cc(C(C)(C)C)ccc3O4)c2)nc2ccccc21. The third kappa shape index (κ3) is 5.95. The fourth-order valence-corrected chi connectivity index (χ4v) is 8.66. The Bertz CT molecular complexity index is 2570. The fourth-order valence-electron chi connectivity index (χ4n) is 8.66. The van der Waals surface area contributed by atoms with E-state index in [0.717, 1.165) is 62.0 Å². The molecule has 1 aromatic heterocycles. The van der Waals surface area contributed by atoms with Crippen LogP contribution in [0.5, 0.6) is 23.0 Å². The molecule has 56 heavy (non-hydrogen) atoms. The van der Waals surface area contributed by atoms with Crippen molar-refractivity contribution in [2.75, 3.05) is 0 Å². The Hall–Kier alpha value is -5.55. The number of para-hydroxylation sites is 3. The molecule has 0 aliphatic carbocycles. The normalized spacial score (nSPS) is 13.4. The summed E-state index contributed by atoms with van der Waals surface area (Å²) in [5.41, 5.74) is 15.2. The van der Waals surface area contributed by atoms with Crippen LogP contribution in [0.3, 0.4) is 0 Å². The van der Waals surface area contributed by atoms with Crippen LogP contribution in [0.15, 0.2) is 115 Å². The van der Waals surface area contributed by atoms with E-state index in [1.165, 1.54) is 38.9 Å². The zero-order valence-electron chi connectivity index (χ0n) is 34.4. The number of fused-ring (bicyclic) bond motifs is 5. The van der Waals surface area contributed by atoms with Gasteiger partial charge in [-0.1, -0.05) is 142 Å². The first-order valence-electron chi connectivity index (χ1n) is 20.2. The van der Waals surface area contributed by atoms with Crippen LogP contribution in [-0.4, -0.2) is 16.3 Å². The van der Waals surface area contributed by atoms with Gasteiger partial charge in [0.25, 0.3) is 6.71 Å². The average molecular weight is 735 g/mol. The second-order valence-corrected chi connectivity index (χ2v) is 18.5. The lowest BCUT2D eigenvalue weighted by atomic mass is 9.34. The van der Waals surface area contributed by atoms with Gasteiger partial charge in [-0.15, -0.1) is 0 Å². The topological polar surface area (TPSA) is 36.3 Å². The van der Waals surface area contributed by atoms with Crippen LogP contribution in [0.1, 0.15) is 103 Å². The molecule has 0 atom stereocenters. The minimum atomic E-state index is -0.00595. The summed E-state index contributed by atoms with van der Waals surface area (Å²) < 4.78 is 16.1. The van der Waals surface area contributed by atoms with Gasteiger partial charge in [0, 0.05) is 11.0 Å². The van der Waals surface area contributed by atoms with Gasteiger partial charge in [-0.2, -0.15) is 0 Å². The molecule has 6 aromatic carbocycles. The molecule has 2 aliphatic rings.